The van der Waals surface area contributed by atoms with Gasteiger partial charge in [-0.3, -0.25) is 4.79 Å². The minimum atomic E-state index is -1.38. The van der Waals surface area contributed by atoms with Crippen LogP contribution < -0.4 is 4.90 Å². The van der Waals surface area contributed by atoms with Crippen molar-refractivity contribution in [3.05, 3.63) is 29.3 Å². The highest BCUT2D eigenvalue weighted by Crippen LogP contribution is 2.29. The molecule has 1 aliphatic rings. The number of carboxylic acids is 1. The van der Waals surface area contributed by atoms with Crippen molar-refractivity contribution < 1.29 is 28.2 Å². The molecule has 1 saturated heterocycles. The molecule has 22 heavy (non-hydrogen) atoms. The zero-order valence-corrected chi connectivity index (χ0v) is 12.1. The molecule has 1 N–H and O–H groups in total. The van der Waals surface area contributed by atoms with Gasteiger partial charge in [0, 0.05) is 13.1 Å². The lowest BCUT2D eigenvalue weighted by Gasteiger charge is -2.33. The van der Waals surface area contributed by atoms with E-state index < -0.39 is 23.2 Å². The van der Waals surface area contributed by atoms with Gasteiger partial charge in [-0.25, -0.2) is 13.6 Å². The van der Waals surface area contributed by atoms with Crippen LogP contribution in [0.5, 0.6) is 0 Å². The number of benzene rings is 1. The van der Waals surface area contributed by atoms with Crippen LogP contribution in [0, 0.1) is 17.6 Å². The predicted molar refractivity (Wildman–Crippen MR) is 74.9 cm³/mol. The van der Waals surface area contributed by atoms with Gasteiger partial charge in [0.15, 0.2) is 0 Å². The molecular weight excluding hydrogens is 296 g/mol. The van der Waals surface area contributed by atoms with Gasteiger partial charge in [0.25, 0.3) is 0 Å². The van der Waals surface area contributed by atoms with Gasteiger partial charge >= 0.3 is 11.9 Å². The molecule has 7 heteroatoms. The molecule has 1 aromatic rings. The molecule has 1 heterocycles. The zero-order valence-electron chi connectivity index (χ0n) is 12.1. The second-order valence-corrected chi connectivity index (χ2v) is 5.11. The van der Waals surface area contributed by atoms with E-state index >= 15 is 0 Å². The number of piperidine rings is 1. The molecule has 0 spiro atoms. The fourth-order valence-corrected chi connectivity index (χ4v) is 2.59. The zero-order chi connectivity index (χ0) is 16.3. The Hall–Kier alpha value is -2.18. The lowest BCUT2D eigenvalue weighted by Crippen LogP contribution is -2.38. The molecule has 0 atom stereocenters. The van der Waals surface area contributed by atoms with Gasteiger partial charge in [0.2, 0.25) is 0 Å². The first-order valence-electron chi connectivity index (χ1n) is 7.08. The number of rotatable bonds is 4. The number of hydrogen-bond donors (Lipinski definition) is 1. The Balaban J connectivity index is 2.12. The fraction of sp³-hybridized carbons (Fsp3) is 0.467. The first kappa shape index (κ1) is 16.2. The molecule has 5 nitrogen and oxygen atoms in total. The number of ether oxygens (including phenoxy) is 1. The van der Waals surface area contributed by atoms with Crippen LogP contribution in [0.15, 0.2) is 12.1 Å². The summed E-state index contributed by atoms with van der Waals surface area (Å²) in [7, 11) is 0. The summed E-state index contributed by atoms with van der Waals surface area (Å²) in [4.78, 5) is 23.9. The van der Waals surface area contributed by atoms with E-state index in [1.807, 2.05) is 0 Å². The van der Waals surface area contributed by atoms with Crippen LogP contribution in [0.25, 0.3) is 0 Å². The Bertz CT molecular complexity index is 560. The van der Waals surface area contributed by atoms with Gasteiger partial charge in [-0.15, -0.1) is 0 Å². The Labute approximate surface area is 126 Å². The number of nitrogens with zero attached hydrogens (tertiary/aromatic N) is 1. The molecule has 0 unspecified atom stereocenters. The highest BCUT2D eigenvalue weighted by atomic mass is 19.1. The quantitative estimate of drug-likeness (QED) is 0.865. The molecule has 0 bridgehead atoms. The molecule has 1 fully saturated rings. The van der Waals surface area contributed by atoms with Gasteiger partial charge in [-0.2, -0.15) is 0 Å². The Kier molecular flexibility index (Phi) is 4.95. The molecule has 1 aliphatic heterocycles. The first-order chi connectivity index (χ1) is 10.4. The second-order valence-electron chi connectivity index (χ2n) is 5.11. The van der Waals surface area contributed by atoms with Crippen LogP contribution >= 0.6 is 0 Å². The van der Waals surface area contributed by atoms with Gasteiger partial charge in [0.1, 0.15) is 17.3 Å². The lowest BCUT2D eigenvalue weighted by atomic mass is 9.96. The van der Waals surface area contributed by atoms with Crippen molar-refractivity contribution in [2.75, 3.05) is 24.6 Å². The molecule has 0 radical (unpaired) electrons. The molecule has 120 valence electrons. The highest BCUT2D eigenvalue weighted by molar-refractivity contribution is 5.88. The van der Waals surface area contributed by atoms with Crippen LogP contribution in [0.2, 0.25) is 0 Å². The van der Waals surface area contributed by atoms with Crippen molar-refractivity contribution in [3.8, 4) is 0 Å². The fourth-order valence-electron chi connectivity index (χ4n) is 2.59. The number of halogens is 2. The molecule has 0 aromatic heterocycles. The average Bonchev–Trinajstić information content (AvgIpc) is 2.47. The van der Waals surface area contributed by atoms with E-state index in [2.05, 4.69) is 0 Å². The SMILES string of the molecule is CCOC(=O)C1CCN(c2c(F)cc(C(=O)O)cc2F)CC1. The summed E-state index contributed by atoms with van der Waals surface area (Å²) in [5.41, 5.74) is -0.674. The predicted octanol–water partition coefficient (Wildman–Crippen LogP) is 2.44. The van der Waals surface area contributed by atoms with Gasteiger partial charge in [-0.1, -0.05) is 0 Å². The number of hydrogen-bond acceptors (Lipinski definition) is 4. The van der Waals surface area contributed by atoms with Crippen molar-refractivity contribution in [1.82, 2.24) is 0 Å². The van der Waals surface area contributed by atoms with Crippen LogP contribution in [0.4, 0.5) is 14.5 Å². The average molecular weight is 313 g/mol. The third kappa shape index (κ3) is 3.35. The van der Waals surface area contributed by atoms with Gasteiger partial charge in [0.05, 0.1) is 18.1 Å². The summed E-state index contributed by atoms with van der Waals surface area (Å²) in [6, 6.07) is 1.61. The van der Waals surface area contributed by atoms with E-state index in [0.29, 0.717) is 32.5 Å². The monoisotopic (exact) mass is 313 g/mol. The van der Waals surface area contributed by atoms with Crippen LogP contribution in [0.3, 0.4) is 0 Å². The second kappa shape index (κ2) is 6.72. The number of carbonyl (C=O) groups excluding carboxylic acids is 1. The Morgan fingerprint density at radius 3 is 2.27 bits per heavy atom. The van der Waals surface area contributed by atoms with Crippen molar-refractivity contribution in [1.29, 1.82) is 0 Å². The van der Waals surface area contributed by atoms with E-state index in [9.17, 15) is 18.4 Å². The molecule has 0 amide bonds. The minimum Gasteiger partial charge on any atom is -0.478 e. The first-order valence-corrected chi connectivity index (χ1v) is 7.08. The minimum absolute atomic E-state index is 0.243. The highest BCUT2D eigenvalue weighted by Gasteiger charge is 2.29. The summed E-state index contributed by atoms with van der Waals surface area (Å²) >= 11 is 0. The topological polar surface area (TPSA) is 66.8 Å². The summed E-state index contributed by atoms with van der Waals surface area (Å²) in [6.07, 6.45) is 0.886. The van der Waals surface area contributed by atoms with Crippen molar-refractivity contribution in [2.24, 2.45) is 5.92 Å². The van der Waals surface area contributed by atoms with Crippen molar-refractivity contribution in [2.45, 2.75) is 19.8 Å². The summed E-state index contributed by atoms with van der Waals surface area (Å²) < 4.78 is 32.9. The molecular formula is C15H17F2NO4. The van der Waals surface area contributed by atoms with E-state index in [0.717, 1.165) is 12.1 Å². The summed E-state index contributed by atoms with van der Waals surface area (Å²) in [5, 5.41) is 8.78. The molecule has 2 rings (SSSR count). The Morgan fingerprint density at radius 2 is 1.82 bits per heavy atom. The molecule has 0 aliphatic carbocycles. The maximum absolute atomic E-state index is 14.0. The normalized spacial score (nSPS) is 15.7. The number of esters is 1. The third-order valence-electron chi connectivity index (χ3n) is 3.69. The summed E-state index contributed by atoms with van der Waals surface area (Å²) in [5.74, 6) is -3.76. The number of anilines is 1. The third-order valence-corrected chi connectivity index (χ3v) is 3.69. The van der Waals surface area contributed by atoms with E-state index in [1.54, 1.807) is 6.92 Å². The number of aromatic carboxylic acids is 1. The lowest BCUT2D eigenvalue weighted by molar-refractivity contribution is -0.148. The smallest absolute Gasteiger partial charge is 0.335 e. The van der Waals surface area contributed by atoms with Crippen LogP contribution in [-0.2, 0) is 9.53 Å². The Morgan fingerprint density at radius 1 is 1.27 bits per heavy atom. The molecule has 0 saturated carbocycles. The van der Waals surface area contributed by atoms with E-state index in [4.69, 9.17) is 9.84 Å². The maximum atomic E-state index is 14.0. The maximum Gasteiger partial charge on any atom is 0.335 e. The van der Waals surface area contributed by atoms with Crippen LogP contribution in [0.1, 0.15) is 30.1 Å². The van der Waals surface area contributed by atoms with Crippen molar-refractivity contribution in [3.63, 3.8) is 0 Å². The number of carboxylic acid groups (broad SMARTS) is 1. The largest absolute Gasteiger partial charge is 0.478 e. The van der Waals surface area contributed by atoms with Crippen molar-refractivity contribution >= 4 is 17.6 Å². The number of carbonyl (C=O) groups is 2. The van der Waals surface area contributed by atoms with E-state index in [-0.39, 0.29) is 17.6 Å². The summed E-state index contributed by atoms with van der Waals surface area (Å²) in [6.45, 7) is 2.65. The van der Waals surface area contributed by atoms with Gasteiger partial charge in [-0.05, 0) is 31.9 Å². The van der Waals surface area contributed by atoms with Crippen LogP contribution in [-0.4, -0.2) is 36.7 Å². The standard InChI is InChI=1S/C15H17F2NO4/c1-2-22-15(21)9-3-5-18(6-4-9)13-11(16)7-10(14(19)20)8-12(13)17/h7-9H,2-6H2,1H3,(H,19,20). The van der Waals surface area contributed by atoms with Gasteiger partial charge < -0.3 is 14.7 Å². The van der Waals surface area contributed by atoms with E-state index in [1.165, 1.54) is 4.90 Å². The molecule has 1 aromatic carbocycles.